The second-order valence-electron chi connectivity index (χ2n) is 8.27. The Morgan fingerprint density at radius 2 is 1.97 bits per heavy atom. The van der Waals surface area contributed by atoms with Gasteiger partial charge in [0.05, 0.1) is 31.0 Å². The molecule has 0 spiro atoms. The maximum Gasteiger partial charge on any atom is 0.437 e. The van der Waals surface area contributed by atoms with E-state index >= 15 is 0 Å². The zero-order valence-electron chi connectivity index (χ0n) is 19.5. The van der Waals surface area contributed by atoms with Crippen molar-refractivity contribution in [3.8, 4) is 23.3 Å². The first-order chi connectivity index (χ1) is 18.0. The third kappa shape index (κ3) is 5.71. The third-order valence-corrected chi connectivity index (χ3v) is 5.94. The number of nitrogens with zero attached hydrogens (tertiary/aromatic N) is 3. The van der Waals surface area contributed by atoms with Gasteiger partial charge >= 0.3 is 6.18 Å². The van der Waals surface area contributed by atoms with Crippen molar-refractivity contribution in [1.82, 2.24) is 20.4 Å². The van der Waals surface area contributed by atoms with Gasteiger partial charge in [0, 0.05) is 23.2 Å². The molecule has 1 aliphatic rings. The van der Waals surface area contributed by atoms with Crippen LogP contribution in [0.1, 0.15) is 29.2 Å². The molecule has 198 valence electrons. The molecule has 1 fully saturated rings. The van der Waals surface area contributed by atoms with Crippen LogP contribution < -0.4 is 25.9 Å². The lowest BCUT2D eigenvalue weighted by Crippen LogP contribution is -2.54. The number of ether oxygens (including phenoxy) is 2. The minimum atomic E-state index is -5.03. The number of benzene rings is 2. The smallest absolute Gasteiger partial charge is 0.437 e. The molecule has 2 unspecified atom stereocenters. The highest BCUT2D eigenvalue weighted by Gasteiger charge is 2.39. The summed E-state index contributed by atoms with van der Waals surface area (Å²) in [6.45, 7) is -0.248. The van der Waals surface area contributed by atoms with Gasteiger partial charge < -0.3 is 9.47 Å². The number of hydrogen-bond donors (Lipinski definition) is 2. The summed E-state index contributed by atoms with van der Waals surface area (Å²) in [5.74, 6) is -3.22. The normalized spacial score (nSPS) is 17.4. The summed E-state index contributed by atoms with van der Waals surface area (Å²) in [7, 11) is 1.39. The Kier molecular flexibility index (Phi) is 7.56. The van der Waals surface area contributed by atoms with Gasteiger partial charge in [-0.3, -0.25) is 19.6 Å². The molecule has 0 aliphatic carbocycles. The largest absolute Gasteiger partial charge is 0.497 e. The van der Waals surface area contributed by atoms with E-state index in [-0.39, 0.29) is 34.9 Å². The number of carbonyl (C=O) groups is 1. The van der Waals surface area contributed by atoms with E-state index < -0.39 is 46.9 Å². The summed E-state index contributed by atoms with van der Waals surface area (Å²) >= 11 is 5.90. The highest BCUT2D eigenvalue weighted by Crippen LogP contribution is 2.35. The summed E-state index contributed by atoms with van der Waals surface area (Å²) in [5.41, 5.74) is 2.40. The molecule has 14 heteroatoms. The quantitative estimate of drug-likeness (QED) is 0.446. The van der Waals surface area contributed by atoms with Crippen molar-refractivity contribution in [3.63, 3.8) is 0 Å². The fourth-order valence-electron chi connectivity index (χ4n) is 3.95. The molecular formula is C24H18ClF4N5O4. The Morgan fingerprint density at radius 3 is 2.66 bits per heavy atom. The number of hydrazine groups is 1. The van der Waals surface area contributed by atoms with Crippen LogP contribution in [0.15, 0.2) is 47.5 Å². The lowest BCUT2D eigenvalue weighted by Gasteiger charge is -2.31. The number of halogens is 5. The minimum absolute atomic E-state index is 0.000599. The molecule has 2 aromatic carbocycles. The molecule has 2 heterocycles. The SMILES string of the molecule is COc1ccc(F)c(C2CC(Cn3cnc(C(F)(F)F)c(Oc4cc(Cl)cc(C#N)c4)c3=O)NNC2=O)c1. The van der Waals surface area contributed by atoms with E-state index in [1.165, 1.54) is 25.3 Å². The van der Waals surface area contributed by atoms with Crippen LogP contribution in [0.3, 0.4) is 0 Å². The molecule has 3 aromatic rings. The predicted molar refractivity (Wildman–Crippen MR) is 125 cm³/mol. The standard InChI is InChI=1S/C24H18ClF4N5O4/c1-37-15-2-3-19(26)17(8-15)18-7-14(32-33-22(18)35)10-34-11-31-21(24(27,28)29)20(23(34)36)38-16-5-12(9-30)4-13(25)6-16/h2-6,8,11,14,18,32H,7,10H2,1H3,(H,33,35). The van der Waals surface area contributed by atoms with Gasteiger partial charge in [0.1, 0.15) is 17.3 Å². The maximum absolute atomic E-state index is 14.5. The Hall–Kier alpha value is -4.15. The molecule has 2 N–H and O–H groups in total. The molecule has 1 aliphatic heterocycles. The molecule has 0 bridgehead atoms. The number of alkyl halides is 3. The van der Waals surface area contributed by atoms with Crippen molar-refractivity contribution in [2.75, 3.05) is 7.11 Å². The van der Waals surface area contributed by atoms with E-state index in [1.54, 1.807) is 6.07 Å². The van der Waals surface area contributed by atoms with Gasteiger partial charge in [0.15, 0.2) is 5.69 Å². The molecule has 1 saturated heterocycles. The average Bonchev–Trinajstić information content (AvgIpc) is 2.87. The van der Waals surface area contributed by atoms with Crippen LogP contribution in [0.2, 0.25) is 5.02 Å². The number of methoxy groups -OCH3 is 1. The highest BCUT2D eigenvalue weighted by atomic mass is 35.5. The molecule has 1 aromatic heterocycles. The van der Waals surface area contributed by atoms with Gasteiger partial charge in [-0.1, -0.05) is 11.6 Å². The van der Waals surface area contributed by atoms with Gasteiger partial charge in [-0.2, -0.15) is 18.4 Å². The summed E-state index contributed by atoms with van der Waals surface area (Å²) in [6.07, 6.45) is -4.33. The van der Waals surface area contributed by atoms with Crippen LogP contribution in [0.4, 0.5) is 17.6 Å². The van der Waals surface area contributed by atoms with E-state index in [0.717, 1.165) is 22.8 Å². The topological polar surface area (TPSA) is 118 Å². The summed E-state index contributed by atoms with van der Waals surface area (Å²) in [6, 6.07) is 8.54. The van der Waals surface area contributed by atoms with Crippen LogP contribution in [0, 0.1) is 17.1 Å². The Morgan fingerprint density at radius 1 is 1.21 bits per heavy atom. The van der Waals surface area contributed by atoms with Crippen LogP contribution in [-0.4, -0.2) is 28.6 Å². The Bertz CT molecular complexity index is 1490. The van der Waals surface area contributed by atoms with Crippen LogP contribution in [-0.2, 0) is 17.5 Å². The predicted octanol–water partition coefficient (Wildman–Crippen LogP) is 3.90. The number of nitrogens with one attached hydrogen (secondary N) is 2. The van der Waals surface area contributed by atoms with Crippen molar-refractivity contribution in [3.05, 3.63) is 80.7 Å². The van der Waals surface area contributed by atoms with Gasteiger partial charge in [0.2, 0.25) is 11.7 Å². The van der Waals surface area contributed by atoms with Crippen LogP contribution in [0.25, 0.3) is 0 Å². The number of rotatable bonds is 6. The lowest BCUT2D eigenvalue weighted by atomic mass is 9.89. The zero-order chi connectivity index (χ0) is 27.6. The highest BCUT2D eigenvalue weighted by molar-refractivity contribution is 6.30. The second kappa shape index (κ2) is 10.7. The van der Waals surface area contributed by atoms with Crippen molar-refractivity contribution in [2.24, 2.45) is 0 Å². The van der Waals surface area contributed by atoms with Gasteiger partial charge in [-0.05, 0) is 42.8 Å². The van der Waals surface area contributed by atoms with Crippen molar-refractivity contribution in [2.45, 2.75) is 31.1 Å². The van der Waals surface area contributed by atoms with Crippen molar-refractivity contribution < 1.29 is 31.8 Å². The summed E-state index contributed by atoms with van der Waals surface area (Å²) in [4.78, 5) is 29.0. The number of carbonyl (C=O) groups excluding carboxylic acids is 1. The van der Waals surface area contributed by atoms with Gasteiger partial charge in [0.25, 0.3) is 5.56 Å². The number of aromatic nitrogens is 2. The number of hydrogen-bond acceptors (Lipinski definition) is 7. The fraction of sp³-hybridized carbons (Fsp3) is 0.250. The minimum Gasteiger partial charge on any atom is -0.497 e. The fourth-order valence-corrected chi connectivity index (χ4v) is 4.18. The molecule has 0 radical (unpaired) electrons. The first-order valence-electron chi connectivity index (χ1n) is 10.9. The van der Waals surface area contributed by atoms with E-state index in [0.29, 0.717) is 12.1 Å². The maximum atomic E-state index is 14.5. The van der Waals surface area contributed by atoms with E-state index in [1.807, 2.05) is 0 Å². The molecular weight excluding hydrogens is 534 g/mol. The molecule has 4 rings (SSSR count). The molecule has 9 nitrogen and oxygen atoms in total. The first kappa shape index (κ1) is 26.9. The number of amides is 1. The Balaban J connectivity index is 1.66. The van der Waals surface area contributed by atoms with Gasteiger partial charge in [-0.25, -0.2) is 14.8 Å². The van der Waals surface area contributed by atoms with E-state index in [9.17, 15) is 27.2 Å². The number of nitriles is 1. The summed E-state index contributed by atoms with van der Waals surface area (Å²) < 4.78 is 66.7. The zero-order valence-corrected chi connectivity index (χ0v) is 20.2. The summed E-state index contributed by atoms with van der Waals surface area (Å²) in [5, 5.41) is 9.11. The Labute approximate surface area is 217 Å². The van der Waals surface area contributed by atoms with Crippen LogP contribution >= 0.6 is 11.6 Å². The second-order valence-corrected chi connectivity index (χ2v) is 8.71. The molecule has 1 amide bonds. The lowest BCUT2D eigenvalue weighted by molar-refractivity contribution is -0.142. The third-order valence-electron chi connectivity index (χ3n) is 5.72. The first-order valence-corrected chi connectivity index (χ1v) is 11.3. The molecule has 38 heavy (non-hydrogen) atoms. The van der Waals surface area contributed by atoms with Crippen molar-refractivity contribution in [1.29, 1.82) is 5.26 Å². The van der Waals surface area contributed by atoms with Gasteiger partial charge in [-0.15, -0.1) is 0 Å². The molecule has 0 saturated carbocycles. The van der Waals surface area contributed by atoms with E-state index in [2.05, 4.69) is 15.8 Å². The average molecular weight is 552 g/mol. The monoisotopic (exact) mass is 551 g/mol. The van der Waals surface area contributed by atoms with Crippen molar-refractivity contribution >= 4 is 17.5 Å². The van der Waals surface area contributed by atoms with Crippen LogP contribution in [0.5, 0.6) is 17.2 Å². The molecule has 2 atom stereocenters. The van der Waals surface area contributed by atoms with E-state index in [4.69, 9.17) is 26.3 Å².